The Bertz CT molecular complexity index is 342. The number of hydrogen-bond acceptors (Lipinski definition) is 2. The van der Waals surface area contributed by atoms with Crippen LogP contribution in [0.25, 0.3) is 0 Å². The second-order valence-electron chi connectivity index (χ2n) is 3.68. The first-order valence-corrected chi connectivity index (χ1v) is 6.62. The predicted octanol–water partition coefficient (Wildman–Crippen LogP) is 3.94. The number of rotatable bonds is 5. The zero-order chi connectivity index (χ0) is 11.5. The molecule has 15 heavy (non-hydrogen) atoms. The summed E-state index contributed by atoms with van der Waals surface area (Å²) in [7, 11) is 0. The van der Waals surface area contributed by atoms with Crippen LogP contribution in [0.4, 0.5) is 0 Å². The van der Waals surface area contributed by atoms with Gasteiger partial charge in [0.15, 0.2) is 0 Å². The first-order chi connectivity index (χ1) is 7.04. The van der Waals surface area contributed by atoms with Crippen molar-refractivity contribution in [2.45, 2.75) is 33.1 Å². The molecule has 0 aromatic carbocycles. The average Bonchev–Trinajstić information content (AvgIpc) is 2.60. The highest BCUT2D eigenvalue weighted by molar-refractivity contribution is 9.11. The van der Waals surface area contributed by atoms with Gasteiger partial charge in [0.25, 0.3) is 0 Å². The van der Waals surface area contributed by atoms with E-state index in [2.05, 4.69) is 15.9 Å². The van der Waals surface area contributed by atoms with E-state index in [4.69, 9.17) is 0 Å². The molecular formula is C11H15BrO2S. The Labute approximate surface area is 102 Å². The van der Waals surface area contributed by atoms with Crippen LogP contribution in [0.1, 0.15) is 31.6 Å². The summed E-state index contributed by atoms with van der Waals surface area (Å²) in [5, 5.41) is 9.28. The second-order valence-corrected chi connectivity index (χ2v) is 6.22. The molecule has 0 radical (unpaired) electrons. The van der Waals surface area contributed by atoms with Crippen LogP contribution < -0.4 is 0 Å². The Hall–Kier alpha value is -0.350. The number of thiophene rings is 1. The van der Waals surface area contributed by atoms with Gasteiger partial charge in [0.05, 0.1) is 9.20 Å². The van der Waals surface area contributed by atoms with Crippen LogP contribution in [0.5, 0.6) is 0 Å². The normalized spacial score (nSPS) is 11.7. The Kier molecular flexibility index (Phi) is 4.34. The van der Waals surface area contributed by atoms with Crippen molar-refractivity contribution in [1.82, 2.24) is 0 Å². The van der Waals surface area contributed by atoms with Crippen molar-refractivity contribution < 1.29 is 9.90 Å². The minimum atomic E-state index is -0.683. The summed E-state index contributed by atoms with van der Waals surface area (Å²) in [5.74, 6) is -0.683. The van der Waals surface area contributed by atoms with Crippen molar-refractivity contribution in [3.63, 3.8) is 0 Å². The maximum Gasteiger partial charge on any atom is 0.309 e. The minimum Gasteiger partial charge on any atom is -0.481 e. The molecule has 0 bridgehead atoms. The van der Waals surface area contributed by atoms with Crippen molar-refractivity contribution in [2.24, 2.45) is 5.41 Å². The maximum absolute atomic E-state index is 11.3. The number of carboxylic acids is 1. The smallest absolute Gasteiger partial charge is 0.309 e. The Balaban J connectivity index is 2.88. The number of carboxylic acid groups (broad SMARTS) is 1. The summed E-state index contributed by atoms with van der Waals surface area (Å²) in [5.41, 5.74) is -0.593. The molecule has 4 heteroatoms. The number of carbonyl (C=O) groups is 1. The van der Waals surface area contributed by atoms with Gasteiger partial charge in [-0.3, -0.25) is 4.79 Å². The SMILES string of the molecule is CCC(CC)(Cc1ccc(Br)s1)C(=O)O. The van der Waals surface area contributed by atoms with E-state index in [0.29, 0.717) is 19.3 Å². The standard InChI is InChI=1S/C11H15BrO2S/c1-3-11(4-2,10(13)14)7-8-5-6-9(12)15-8/h5-6H,3-4,7H2,1-2H3,(H,13,14). The van der Waals surface area contributed by atoms with Crippen LogP contribution in [0.3, 0.4) is 0 Å². The molecule has 0 atom stereocenters. The molecule has 0 fully saturated rings. The largest absolute Gasteiger partial charge is 0.481 e. The van der Waals surface area contributed by atoms with Gasteiger partial charge in [-0.2, -0.15) is 0 Å². The molecule has 2 nitrogen and oxygen atoms in total. The monoisotopic (exact) mass is 290 g/mol. The van der Waals surface area contributed by atoms with Crippen molar-refractivity contribution in [2.75, 3.05) is 0 Å². The zero-order valence-electron chi connectivity index (χ0n) is 8.92. The molecule has 1 N–H and O–H groups in total. The molecule has 0 saturated carbocycles. The van der Waals surface area contributed by atoms with Crippen LogP contribution in [0.15, 0.2) is 15.9 Å². The quantitative estimate of drug-likeness (QED) is 0.892. The van der Waals surface area contributed by atoms with Gasteiger partial charge in [0, 0.05) is 4.88 Å². The molecule has 84 valence electrons. The van der Waals surface area contributed by atoms with Crippen LogP contribution in [-0.2, 0) is 11.2 Å². The van der Waals surface area contributed by atoms with Crippen molar-refractivity contribution in [3.05, 3.63) is 20.8 Å². The van der Waals surface area contributed by atoms with Gasteiger partial charge in [0.1, 0.15) is 0 Å². The Morgan fingerprint density at radius 2 is 2.07 bits per heavy atom. The third-order valence-electron chi connectivity index (χ3n) is 2.95. The van der Waals surface area contributed by atoms with Gasteiger partial charge in [0.2, 0.25) is 0 Å². The summed E-state index contributed by atoms with van der Waals surface area (Å²) in [6.07, 6.45) is 1.98. The fourth-order valence-electron chi connectivity index (χ4n) is 1.66. The molecule has 1 aromatic rings. The van der Waals surface area contributed by atoms with Crippen LogP contribution in [0.2, 0.25) is 0 Å². The number of hydrogen-bond donors (Lipinski definition) is 1. The lowest BCUT2D eigenvalue weighted by Gasteiger charge is -2.25. The maximum atomic E-state index is 11.3. The van der Waals surface area contributed by atoms with Crippen LogP contribution >= 0.6 is 27.3 Å². The highest BCUT2D eigenvalue weighted by Gasteiger charge is 2.35. The third kappa shape index (κ3) is 2.82. The first kappa shape index (κ1) is 12.7. The molecular weight excluding hydrogens is 276 g/mol. The number of aliphatic carboxylic acids is 1. The van der Waals surface area contributed by atoms with Gasteiger partial charge in [-0.25, -0.2) is 0 Å². The topological polar surface area (TPSA) is 37.3 Å². The lowest BCUT2D eigenvalue weighted by Crippen LogP contribution is -2.31. The van der Waals surface area contributed by atoms with E-state index in [1.54, 1.807) is 11.3 Å². The van der Waals surface area contributed by atoms with Crippen LogP contribution in [0, 0.1) is 5.41 Å². The summed E-state index contributed by atoms with van der Waals surface area (Å²) in [6, 6.07) is 3.97. The van der Waals surface area contributed by atoms with Crippen molar-refractivity contribution in [3.8, 4) is 0 Å². The van der Waals surface area contributed by atoms with Crippen molar-refractivity contribution >= 4 is 33.2 Å². The second kappa shape index (κ2) is 5.12. The molecule has 0 amide bonds. The Morgan fingerprint density at radius 1 is 1.47 bits per heavy atom. The summed E-state index contributed by atoms with van der Waals surface area (Å²) >= 11 is 5.01. The molecule has 0 unspecified atom stereocenters. The molecule has 1 rings (SSSR count). The fourth-order valence-corrected chi connectivity index (χ4v) is 3.29. The molecule has 0 aliphatic heterocycles. The Morgan fingerprint density at radius 3 is 2.40 bits per heavy atom. The molecule has 0 saturated heterocycles. The summed E-state index contributed by atoms with van der Waals surface area (Å²) in [4.78, 5) is 12.4. The van der Waals surface area contributed by atoms with E-state index >= 15 is 0 Å². The van der Waals surface area contributed by atoms with Gasteiger partial charge in [-0.1, -0.05) is 13.8 Å². The molecule has 0 aliphatic carbocycles. The van der Waals surface area contributed by atoms with E-state index in [1.165, 1.54) is 0 Å². The van der Waals surface area contributed by atoms with E-state index in [0.717, 1.165) is 8.66 Å². The molecule has 0 aliphatic rings. The lowest BCUT2D eigenvalue weighted by molar-refractivity contribution is -0.149. The van der Waals surface area contributed by atoms with E-state index in [1.807, 2.05) is 26.0 Å². The van der Waals surface area contributed by atoms with Crippen molar-refractivity contribution in [1.29, 1.82) is 0 Å². The molecule has 0 spiro atoms. The zero-order valence-corrected chi connectivity index (χ0v) is 11.3. The summed E-state index contributed by atoms with van der Waals surface area (Å²) in [6.45, 7) is 3.89. The highest BCUT2D eigenvalue weighted by Crippen LogP contribution is 2.34. The van der Waals surface area contributed by atoms with Crippen LogP contribution in [-0.4, -0.2) is 11.1 Å². The lowest BCUT2D eigenvalue weighted by atomic mass is 9.79. The van der Waals surface area contributed by atoms with E-state index < -0.39 is 11.4 Å². The summed E-state index contributed by atoms with van der Waals surface area (Å²) < 4.78 is 1.06. The predicted molar refractivity (Wildman–Crippen MR) is 66.4 cm³/mol. The highest BCUT2D eigenvalue weighted by atomic mass is 79.9. The average molecular weight is 291 g/mol. The number of halogens is 1. The van der Waals surface area contributed by atoms with Gasteiger partial charge >= 0.3 is 5.97 Å². The third-order valence-corrected chi connectivity index (χ3v) is 4.57. The van der Waals surface area contributed by atoms with E-state index in [-0.39, 0.29) is 0 Å². The first-order valence-electron chi connectivity index (χ1n) is 5.01. The van der Waals surface area contributed by atoms with Gasteiger partial charge in [-0.05, 0) is 47.3 Å². The van der Waals surface area contributed by atoms with Gasteiger partial charge in [-0.15, -0.1) is 11.3 Å². The van der Waals surface area contributed by atoms with Gasteiger partial charge < -0.3 is 5.11 Å². The minimum absolute atomic E-state index is 0.593. The fraction of sp³-hybridized carbons (Fsp3) is 0.545. The van der Waals surface area contributed by atoms with E-state index in [9.17, 15) is 9.90 Å². The molecule has 1 aromatic heterocycles. The molecule has 1 heterocycles.